The van der Waals surface area contributed by atoms with E-state index in [1.54, 1.807) is 7.11 Å². The molecule has 1 N–H and O–H groups in total. The Morgan fingerprint density at radius 3 is 3.21 bits per heavy atom. The van der Waals surface area contributed by atoms with Crippen LogP contribution in [0.5, 0.6) is 0 Å². The van der Waals surface area contributed by atoms with Gasteiger partial charge in [0.25, 0.3) is 0 Å². The molecular formula is C9H16N4O. The van der Waals surface area contributed by atoms with E-state index in [1.807, 2.05) is 4.68 Å². The highest BCUT2D eigenvalue weighted by Gasteiger charge is 2.25. The summed E-state index contributed by atoms with van der Waals surface area (Å²) in [5, 5.41) is 11.6. The fourth-order valence-electron chi connectivity index (χ4n) is 1.96. The first-order valence-corrected chi connectivity index (χ1v) is 4.98. The van der Waals surface area contributed by atoms with Crippen molar-refractivity contribution in [1.29, 1.82) is 0 Å². The SMILES string of the molecule is CCn1nnc2c1[C@@H](COC)CNC2. The van der Waals surface area contributed by atoms with Crippen LogP contribution in [0.3, 0.4) is 0 Å². The third-order valence-electron chi connectivity index (χ3n) is 2.58. The predicted octanol–water partition coefficient (Wildman–Crippen LogP) is 0.131. The van der Waals surface area contributed by atoms with E-state index in [0.29, 0.717) is 5.92 Å². The van der Waals surface area contributed by atoms with E-state index in [0.717, 1.165) is 31.9 Å². The van der Waals surface area contributed by atoms with E-state index in [2.05, 4.69) is 22.6 Å². The number of aryl methyl sites for hydroxylation is 1. The molecular weight excluding hydrogens is 180 g/mol. The lowest BCUT2D eigenvalue weighted by Gasteiger charge is -2.22. The Labute approximate surface area is 83.4 Å². The van der Waals surface area contributed by atoms with Crippen LogP contribution in [-0.2, 0) is 17.8 Å². The van der Waals surface area contributed by atoms with Crippen molar-refractivity contribution in [3.8, 4) is 0 Å². The summed E-state index contributed by atoms with van der Waals surface area (Å²) in [6.45, 7) is 5.47. The Balaban J connectivity index is 2.30. The average Bonchev–Trinajstić information content (AvgIpc) is 2.62. The van der Waals surface area contributed by atoms with Crippen molar-refractivity contribution in [2.45, 2.75) is 25.9 Å². The molecule has 0 radical (unpaired) electrons. The molecule has 0 unspecified atom stereocenters. The van der Waals surface area contributed by atoms with Crippen LogP contribution in [0.2, 0.25) is 0 Å². The van der Waals surface area contributed by atoms with Gasteiger partial charge in [-0.2, -0.15) is 0 Å². The third-order valence-corrected chi connectivity index (χ3v) is 2.58. The Morgan fingerprint density at radius 2 is 2.50 bits per heavy atom. The van der Waals surface area contributed by atoms with Crippen molar-refractivity contribution in [2.24, 2.45) is 0 Å². The molecule has 14 heavy (non-hydrogen) atoms. The number of fused-ring (bicyclic) bond motifs is 1. The number of ether oxygens (including phenoxy) is 1. The zero-order valence-corrected chi connectivity index (χ0v) is 8.66. The summed E-state index contributed by atoms with van der Waals surface area (Å²) in [7, 11) is 1.73. The van der Waals surface area contributed by atoms with Crippen molar-refractivity contribution in [3.63, 3.8) is 0 Å². The lowest BCUT2D eigenvalue weighted by molar-refractivity contribution is 0.171. The largest absolute Gasteiger partial charge is 0.384 e. The maximum atomic E-state index is 5.20. The van der Waals surface area contributed by atoms with E-state index < -0.39 is 0 Å². The van der Waals surface area contributed by atoms with Gasteiger partial charge in [-0.05, 0) is 6.92 Å². The predicted molar refractivity (Wildman–Crippen MR) is 52.0 cm³/mol. The molecule has 1 aliphatic heterocycles. The molecule has 0 saturated heterocycles. The van der Waals surface area contributed by atoms with Gasteiger partial charge in [-0.15, -0.1) is 5.10 Å². The summed E-state index contributed by atoms with van der Waals surface area (Å²) in [5.74, 6) is 0.388. The van der Waals surface area contributed by atoms with Gasteiger partial charge in [-0.1, -0.05) is 5.21 Å². The lowest BCUT2D eigenvalue weighted by atomic mass is 10.0. The molecule has 1 aromatic heterocycles. The second kappa shape index (κ2) is 4.06. The molecule has 0 spiro atoms. The molecule has 0 bridgehead atoms. The molecule has 2 heterocycles. The van der Waals surface area contributed by atoms with Crippen molar-refractivity contribution in [1.82, 2.24) is 20.3 Å². The molecule has 0 aromatic carbocycles. The van der Waals surface area contributed by atoms with Crippen LogP contribution in [0.15, 0.2) is 0 Å². The van der Waals surface area contributed by atoms with Crippen LogP contribution >= 0.6 is 0 Å². The second-order valence-electron chi connectivity index (χ2n) is 3.52. The zero-order chi connectivity index (χ0) is 9.97. The highest BCUT2D eigenvalue weighted by molar-refractivity contribution is 5.19. The van der Waals surface area contributed by atoms with Crippen LogP contribution in [0.1, 0.15) is 24.2 Å². The molecule has 0 aliphatic carbocycles. The van der Waals surface area contributed by atoms with Crippen LogP contribution in [-0.4, -0.2) is 35.3 Å². The van der Waals surface area contributed by atoms with Crippen molar-refractivity contribution in [3.05, 3.63) is 11.4 Å². The Kier molecular flexibility index (Phi) is 2.79. The van der Waals surface area contributed by atoms with Crippen LogP contribution in [0.4, 0.5) is 0 Å². The maximum Gasteiger partial charge on any atom is 0.100 e. The number of methoxy groups -OCH3 is 1. The smallest absolute Gasteiger partial charge is 0.100 e. The summed E-state index contributed by atoms with van der Waals surface area (Å²) in [5.41, 5.74) is 2.31. The minimum atomic E-state index is 0.388. The van der Waals surface area contributed by atoms with Gasteiger partial charge in [0.1, 0.15) is 5.69 Å². The first kappa shape index (κ1) is 9.61. The van der Waals surface area contributed by atoms with Crippen molar-refractivity contribution < 1.29 is 4.74 Å². The van der Waals surface area contributed by atoms with Gasteiger partial charge < -0.3 is 10.1 Å². The van der Waals surface area contributed by atoms with Crippen LogP contribution in [0.25, 0.3) is 0 Å². The fourth-order valence-corrected chi connectivity index (χ4v) is 1.96. The number of hydrogen-bond acceptors (Lipinski definition) is 4. The van der Waals surface area contributed by atoms with Gasteiger partial charge in [0.05, 0.1) is 12.3 Å². The number of nitrogens with zero attached hydrogens (tertiary/aromatic N) is 3. The number of rotatable bonds is 3. The maximum absolute atomic E-state index is 5.20. The van der Waals surface area contributed by atoms with Crippen molar-refractivity contribution in [2.75, 3.05) is 20.3 Å². The third kappa shape index (κ3) is 1.53. The molecule has 78 valence electrons. The first-order chi connectivity index (χ1) is 6.86. The highest BCUT2D eigenvalue weighted by atomic mass is 16.5. The van der Waals surface area contributed by atoms with Gasteiger partial charge in [-0.25, -0.2) is 4.68 Å². The first-order valence-electron chi connectivity index (χ1n) is 4.98. The molecule has 5 heteroatoms. The zero-order valence-electron chi connectivity index (χ0n) is 8.66. The van der Waals surface area contributed by atoms with Gasteiger partial charge in [0.15, 0.2) is 0 Å². The quantitative estimate of drug-likeness (QED) is 0.746. The van der Waals surface area contributed by atoms with E-state index >= 15 is 0 Å². The van der Waals surface area contributed by atoms with Gasteiger partial charge in [-0.3, -0.25) is 0 Å². The highest BCUT2D eigenvalue weighted by Crippen LogP contribution is 2.22. The second-order valence-corrected chi connectivity index (χ2v) is 3.52. The monoisotopic (exact) mass is 196 g/mol. The van der Waals surface area contributed by atoms with Crippen LogP contribution < -0.4 is 5.32 Å². The molecule has 2 rings (SSSR count). The van der Waals surface area contributed by atoms with E-state index in [4.69, 9.17) is 4.74 Å². The normalized spacial score (nSPS) is 20.9. The Hall–Kier alpha value is -0.940. The summed E-state index contributed by atoms with van der Waals surface area (Å²) in [4.78, 5) is 0. The van der Waals surface area contributed by atoms with E-state index in [1.165, 1.54) is 5.69 Å². The van der Waals surface area contributed by atoms with Gasteiger partial charge >= 0.3 is 0 Å². The van der Waals surface area contributed by atoms with E-state index in [-0.39, 0.29) is 0 Å². The molecule has 1 aliphatic rings. The topological polar surface area (TPSA) is 52.0 Å². The summed E-state index contributed by atoms with van der Waals surface area (Å²) in [6.07, 6.45) is 0. The van der Waals surface area contributed by atoms with Crippen LogP contribution in [0, 0.1) is 0 Å². The molecule has 0 fully saturated rings. The number of aromatic nitrogens is 3. The Bertz CT molecular complexity index is 296. The lowest BCUT2D eigenvalue weighted by Crippen LogP contribution is -2.32. The summed E-state index contributed by atoms with van der Waals surface area (Å²) < 4.78 is 7.17. The minimum absolute atomic E-state index is 0.388. The summed E-state index contributed by atoms with van der Waals surface area (Å²) >= 11 is 0. The summed E-state index contributed by atoms with van der Waals surface area (Å²) in [6, 6.07) is 0. The Morgan fingerprint density at radius 1 is 1.64 bits per heavy atom. The molecule has 0 saturated carbocycles. The molecule has 1 aromatic rings. The average molecular weight is 196 g/mol. The number of nitrogens with one attached hydrogen (secondary N) is 1. The molecule has 5 nitrogen and oxygen atoms in total. The number of hydrogen-bond donors (Lipinski definition) is 1. The van der Waals surface area contributed by atoms with Crippen molar-refractivity contribution >= 4 is 0 Å². The molecule has 0 amide bonds. The van der Waals surface area contributed by atoms with Gasteiger partial charge in [0.2, 0.25) is 0 Å². The fraction of sp³-hybridized carbons (Fsp3) is 0.778. The molecule has 1 atom stereocenters. The standard InChI is InChI=1S/C9H16N4O/c1-3-13-9-7(6-14-2)4-10-5-8(9)11-12-13/h7,10H,3-6H2,1-2H3/t7-/m1/s1. The van der Waals surface area contributed by atoms with E-state index in [9.17, 15) is 0 Å². The van der Waals surface area contributed by atoms with Gasteiger partial charge in [0, 0.05) is 32.7 Å². The minimum Gasteiger partial charge on any atom is -0.384 e.